The number of carbonyl (C=O) groups excluding carboxylic acids is 1. The van der Waals surface area contributed by atoms with Gasteiger partial charge in [-0.15, -0.1) is 0 Å². The second-order valence-electron chi connectivity index (χ2n) is 7.68. The maximum Gasteiger partial charge on any atom is 0.255 e. The van der Waals surface area contributed by atoms with Crippen molar-refractivity contribution in [3.8, 4) is 11.4 Å². The van der Waals surface area contributed by atoms with Crippen molar-refractivity contribution in [2.75, 3.05) is 13.1 Å². The molecule has 0 radical (unpaired) electrons. The van der Waals surface area contributed by atoms with E-state index in [-0.39, 0.29) is 11.4 Å². The lowest BCUT2D eigenvalue weighted by Gasteiger charge is -2.24. The summed E-state index contributed by atoms with van der Waals surface area (Å²) in [5.74, 6) is -0.187. The van der Waals surface area contributed by atoms with Crippen LogP contribution in [-0.2, 0) is 6.67 Å². The van der Waals surface area contributed by atoms with Crippen molar-refractivity contribution in [2.45, 2.75) is 25.6 Å². The van der Waals surface area contributed by atoms with Crippen LogP contribution in [-0.4, -0.2) is 49.7 Å². The predicted molar refractivity (Wildman–Crippen MR) is 107 cm³/mol. The summed E-state index contributed by atoms with van der Waals surface area (Å²) in [5, 5.41) is 14.4. The lowest BCUT2D eigenvalue weighted by molar-refractivity contribution is 0.0914. The SMILES string of the molecule is CC1(NC(=O)c2c[nH]c3ncc(-c4n[nH]c5cc(CF)ccc45)nc23)CCNC1. The van der Waals surface area contributed by atoms with Gasteiger partial charge in [-0.25, -0.2) is 14.4 Å². The van der Waals surface area contributed by atoms with Crippen molar-refractivity contribution < 1.29 is 9.18 Å². The van der Waals surface area contributed by atoms with Gasteiger partial charge in [0.1, 0.15) is 23.6 Å². The first-order valence-corrected chi connectivity index (χ1v) is 9.47. The predicted octanol–water partition coefficient (Wildman–Crippen LogP) is 2.45. The Morgan fingerprint density at radius 2 is 2.28 bits per heavy atom. The number of hydrogen-bond acceptors (Lipinski definition) is 5. The van der Waals surface area contributed by atoms with E-state index in [0.717, 1.165) is 30.4 Å². The van der Waals surface area contributed by atoms with Crippen LogP contribution in [0, 0.1) is 0 Å². The van der Waals surface area contributed by atoms with Gasteiger partial charge in [-0.2, -0.15) is 5.10 Å². The molecule has 1 fully saturated rings. The second kappa shape index (κ2) is 6.63. The van der Waals surface area contributed by atoms with E-state index in [1.807, 2.05) is 13.0 Å². The van der Waals surface area contributed by atoms with E-state index in [1.165, 1.54) is 0 Å². The van der Waals surface area contributed by atoms with E-state index >= 15 is 0 Å². The van der Waals surface area contributed by atoms with Crippen LogP contribution in [0.5, 0.6) is 0 Å². The highest BCUT2D eigenvalue weighted by Crippen LogP contribution is 2.27. The monoisotopic (exact) mass is 393 g/mol. The van der Waals surface area contributed by atoms with E-state index in [4.69, 9.17) is 0 Å². The molecule has 148 valence electrons. The highest BCUT2D eigenvalue weighted by Gasteiger charge is 2.31. The fraction of sp³-hybridized carbons (Fsp3) is 0.300. The molecule has 0 aliphatic carbocycles. The molecule has 29 heavy (non-hydrogen) atoms. The summed E-state index contributed by atoms with van der Waals surface area (Å²) in [6.07, 6.45) is 4.12. The maximum atomic E-state index is 12.9. The number of H-pyrrole nitrogens is 2. The number of rotatable bonds is 4. The first kappa shape index (κ1) is 17.7. The molecule has 1 aromatic carbocycles. The minimum absolute atomic E-state index is 0.187. The summed E-state index contributed by atoms with van der Waals surface area (Å²) >= 11 is 0. The van der Waals surface area contributed by atoms with Crippen LogP contribution in [0.2, 0.25) is 0 Å². The van der Waals surface area contributed by atoms with Gasteiger partial charge in [-0.1, -0.05) is 12.1 Å². The molecule has 9 heteroatoms. The molecule has 1 aliphatic heterocycles. The van der Waals surface area contributed by atoms with E-state index in [1.54, 1.807) is 24.5 Å². The van der Waals surface area contributed by atoms with Crippen molar-refractivity contribution in [1.82, 2.24) is 35.8 Å². The highest BCUT2D eigenvalue weighted by atomic mass is 19.1. The number of halogens is 1. The smallest absolute Gasteiger partial charge is 0.255 e. The Hall–Kier alpha value is -3.33. The fourth-order valence-electron chi connectivity index (χ4n) is 3.79. The molecule has 1 aliphatic rings. The summed E-state index contributed by atoms with van der Waals surface area (Å²) in [6.45, 7) is 3.10. The van der Waals surface area contributed by atoms with Gasteiger partial charge < -0.3 is 15.6 Å². The normalized spacial score (nSPS) is 19.2. The number of amides is 1. The van der Waals surface area contributed by atoms with E-state index < -0.39 is 6.67 Å². The summed E-state index contributed by atoms with van der Waals surface area (Å²) in [4.78, 5) is 25.0. The van der Waals surface area contributed by atoms with Gasteiger partial charge in [0.05, 0.1) is 22.8 Å². The number of aromatic nitrogens is 5. The Kier molecular flexibility index (Phi) is 4.06. The first-order chi connectivity index (χ1) is 14.1. The van der Waals surface area contributed by atoms with Gasteiger partial charge in [-0.05, 0) is 31.5 Å². The van der Waals surface area contributed by atoms with Crippen molar-refractivity contribution in [3.63, 3.8) is 0 Å². The zero-order valence-electron chi connectivity index (χ0n) is 15.8. The van der Waals surface area contributed by atoms with Crippen LogP contribution in [0.3, 0.4) is 0 Å². The summed E-state index contributed by atoms with van der Waals surface area (Å²) < 4.78 is 12.9. The molecule has 1 unspecified atom stereocenters. The molecule has 1 amide bonds. The Labute approximate surface area is 165 Å². The fourth-order valence-corrected chi connectivity index (χ4v) is 3.79. The molecule has 4 aromatic rings. The van der Waals surface area contributed by atoms with Crippen molar-refractivity contribution in [3.05, 3.63) is 41.7 Å². The number of nitrogens with zero attached hydrogens (tertiary/aromatic N) is 3. The minimum atomic E-state index is -0.535. The molecule has 0 bridgehead atoms. The molecule has 5 rings (SSSR count). The van der Waals surface area contributed by atoms with Gasteiger partial charge in [0.25, 0.3) is 5.91 Å². The quantitative estimate of drug-likeness (QED) is 0.426. The largest absolute Gasteiger partial charge is 0.345 e. The topological polar surface area (TPSA) is 111 Å². The Morgan fingerprint density at radius 3 is 3.07 bits per heavy atom. The van der Waals surface area contributed by atoms with Gasteiger partial charge in [-0.3, -0.25) is 9.89 Å². The van der Waals surface area contributed by atoms with Gasteiger partial charge in [0.15, 0.2) is 5.65 Å². The molecular formula is C20H20FN7O. The van der Waals surface area contributed by atoms with Crippen molar-refractivity contribution in [2.24, 2.45) is 0 Å². The summed E-state index contributed by atoms with van der Waals surface area (Å²) in [5.41, 5.74) is 3.65. The minimum Gasteiger partial charge on any atom is -0.345 e. The van der Waals surface area contributed by atoms with E-state index in [2.05, 4.69) is 35.8 Å². The lowest BCUT2D eigenvalue weighted by atomic mass is 10.0. The second-order valence-corrected chi connectivity index (χ2v) is 7.68. The third-order valence-electron chi connectivity index (χ3n) is 5.43. The van der Waals surface area contributed by atoms with Gasteiger partial charge >= 0.3 is 0 Å². The van der Waals surface area contributed by atoms with Gasteiger partial charge in [0, 0.05) is 18.1 Å². The van der Waals surface area contributed by atoms with Crippen LogP contribution >= 0.6 is 0 Å². The molecule has 1 atom stereocenters. The summed E-state index contributed by atoms with van der Waals surface area (Å²) in [6, 6.07) is 5.26. The maximum absolute atomic E-state index is 12.9. The average molecular weight is 393 g/mol. The average Bonchev–Trinajstić information content (AvgIpc) is 3.44. The number of aromatic amines is 2. The van der Waals surface area contributed by atoms with E-state index in [9.17, 15) is 9.18 Å². The Bertz CT molecular complexity index is 1220. The van der Waals surface area contributed by atoms with Crippen molar-refractivity contribution in [1.29, 1.82) is 0 Å². The number of hydrogen-bond donors (Lipinski definition) is 4. The Balaban J connectivity index is 1.54. The molecule has 3 aromatic heterocycles. The number of fused-ring (bicyclic) bond motifs is 2. The van der Waals surface area contributed by atoms with Crippen LogP contribution in [0.4, 0.5) is 4.39 Å². The molecule has 0 spiro atoms. The molecule has 4 heterocycles. The Morgan fingerprint density at radius 1 is 1.38 bits per heavy atom. The lowest BCUT2D eigenvalue weighted by Crippen LogP contribution is -2.47. The zero-order chi connectivity index (χ0) is 20.0. The third-order valence-corrected chi connectivity index (χ3v) is 5.43. The zero-order valence-corrected chi connectivity index (χ0v) is 15.8. The first-order valence-electron chi connectivity index (χ1n) is 9.47. The number of benzene rings is 1. The molecule has 8 nitrogen and oxygen atoms in total. The number of alkyl halides is 1. The van der Waals surface area contributed by atoms with E-state index in [0.29, 0.717) is 33.7 Å². The summed E-state index contributed by atoms with van der Waals surface area (Å²) in [7, 11) is 0. The van der Waals surface area contributed by atoms with Gasteiger partial charge in [0.2, 0.25) is 0 Å². The molecule has 4 N–H and O–H groups in total. The van der Waals surface area contributed by atoms with Crippen LogP contribution in [0.25, 0.3) is 33.5 Å². The third kappa shape index (κ3) is 3.03. The molecule has 0 saturated carbocycles. The van der Waals surface area contributed by atoms with Crippen LogP contribution in [0.15, 0.2) is 30.6 Å². The number of carbonyl (C=O) groups is 1. The van der Waals surface area contributed by atoms with Crippen LogP contribution in [0.1, 0.15) is 29.3 Å². The number of nitrogens with one attached hydrogen (secondary N) is 4. The standard InChI is InChI=1S/C20H20FN7O/c1-20(4-5-22-10-20)26-19(29)13-8-23-18-17(13)25-15(9-24-18)16-12-3-2-11(7-21)6-14(12)27-28-16/h2-3,6,8-9,22H,4-5,7,10H2,1H3,(H,23,24)(H,26,29)(H,27,28). The molecular weight excluding hydrogens is 373 g/mol. The van der Waals surface area contributed by atoms with Crippen LogP contribution < -0.4 is 10.6 Å². The highest BCUT2D eigenvalue weighted by molar-refractivity contribution is 6.05. The van der Waals surface area contributed by atoms with Crippen molar-refractivity contribution >= 4 is 28.0 Å². The molecule has 1 saturated heterocycles.